The summed E-state index contributed by atoms with van der Waals surface area (Å²) in [7, 11) is 8.88. The molecule has 1 saturated heterocycles. The number of nitrogens with zero attached hydrogens (tertiary/aromatic N) is 3. The molecule has 1 unspecified atom stereocenters. The molecule has 16 heteroatoms. The van der Waals surface area contributed by atoms with Gasteiger partial charge < -0.3 is 44.9 Å². The van der Waals surface area contributed by atoms with E-state index in [4.69, 9.17) is 14.2 Å². The van der Waals surface area contributed by atoms with Crippen LogP contribution in [0, 0.1) is 0 Å². The van der Waals surface area contributed by atoms with Crippen molar-refractivity contribution in [2.45, 2.75) is 76.3 Å². The molecule has 4 rings (SSSR count). The van der Waals surface area contributed by atoms with Crippen LogP contribution in [0.15, 0.2) is 71.2 Å². The SMILES string of the molecule is COc1ccc(CC2C(=O)N[C@@H](C)C(=O)N(C)[C@@H](Cc3ccccc3)C(=O)N(C)[C@@H](Cc3cc(Br)c(OC)c(OC)c3)C(=O)N[C@H](C)C(=O)N[C@@H](C)C(=O)N2C)cc1. The molecule has 0 saturated carbocycles. The summed E-state index contributed by atoms with van der Waals surface area (Å²) in [6, 6.07) is 12.7. The van der Waals surface area contributed by atoms with Crippen LogP contribution in [0.1, 0.15) is 37.5 Å². The van der Waals surface area contributed by atoms with Gasteiger partial charge in [0.15, 0.2) is 11.5 Å². The van der Waals surface area contributed by atoms with Crippen LogP contribution in [0.3, 0.4) is 0 Å². The zero-order chi connectivity index (χ0) is 42.8. The second-order valence-electron chi connectivity index (χ2n) is 14.3. The topological polar surface area (TPSA) is 176 Å². The number of hydrogen-bond acceptors (Lipinski definition) is 9. The molecule has 15 nitrogen and oxygen atoms in total. The van der Waals surface area contributed by atoms with E-state index in [1.54, 1.807) is 36.4 Å². The van der Waals surface area contributed by atoms with Crippen molar-refractivity contribution in [3.05, 3.63) is 87.9 Å². The first-order valence-corrected chi connectivity index (χ1v) is 19.6. The highest BCUT2D eigenvalue weighted by Crippen LogP contribution is 2.37. The number of ether oxygens (including phenoxy) is 3. The fraction of sp³-hybridized carbons (Fsp3) is 0.429. The van der Waals surface area contributed by atoms with E-state index in [-0.39, 0.29) is 19.3 Å². The highest BCUT2D eigenvalue weighted by molar-refractivity contribution is 9.10. The van der Waals surface area contributed by atoms with Gasteiger partial charge in [0.05, 0.1) is 25.8 Å². The van der Waals surface area contributed by atoms with Crippen LogP contribution >= 0.6 is 15.9 Å². The van der Waals surface area contributed by atoms with Crippen LogP contribution in [0.4, 0.5) is 0 Å². The maximum atomic E-state index is 14.8. The van der Waals surface area contributed by atoms with E-state index in [9.17, 15) is 28.8 Å². The van der Waals surface area contributed by atoms with E-state index in [1.165, 1.54) is 77.9 Å². The lowest BCUT2D eigenvalue weighted by Gasteiger charge is -2.36. The molecule has 1 heterocycles. The van der Waals surface area contributed by atoms with E-state index in [1.807, 2.05) is 30.3 Å². The largest absolute Gasteiger partial charge is 0.497 e. The molecule has 1 fully saturated rings. The molecular weight excluding hydrogens is 812 g/mol. The van der Waals surface area contributed by atoms with Gasteiger partial charge in [-0.2, -0.15) is 0 Å². The Morgan fingerprint density at radius 1 is 0.534 bits per heavy atom. The van der Waals surface area contributed by atoms with Crippen LogP contribution in [-0.2, 0) is 48.0 Å². The van der Waals surface area contributed by atoms with Crippen LogP contribution < -0.4 is 30.2 Å². The predicted molar refractivity (Wildman–Crippen MR) is 220 cm³/mol. The summed E-state index contributed by atoms with van der Waals surface area (Å²) in [5.74, 6) is -2.24. The number of carbonyl (C=O) groups is 6. The monoisotopic (exact) mass is 864 g/mol. The van der Waals surface area contributed by atoms with Gasteiger partial charge in [-0.1, -0.05) is 42.5 Å². The van der Waals surface area contributed by atoms with Crippen molar-refractivity contribution in [2.24, 2.45) is 0 Å². The van der Waals surface area contributed by atoms with Crippen LogP contribution in [0.25, 0.3) is 0 Å². The highest BCUT2D eigenvalue weighted by Gasteiger charge is 2.39. The van der Waals surface area contributed by atoms with Gasteiger partial charge in [0.2, 0.25) is 35.4 Å². The Morgan fingerprint density at radius 2 is 1.00 bits per heavy atom. The first-order valence-electron chi connectivity index (χ1n) is 18.8. The average Bonchev–Trinajstić information content (AvgIpc) is 3.21. The van der Waals surface area contributed by atoms with E-state index < -0.39 is 71.7 Å². The summed E-state index contributed by atoms with van der Waals surface area (Å²) in [4.78, 5) is 88.5. The fourth-order valence-corrected chi connectivity index (χ4v) is 7.44. The Hall–Kier alpha value is -5.64. The van der Waals surface area contributed by atoms with Crippen LogP contribution in [0.5, 0.6) is 17.2 Å². The number of likely N-dealkylation sites (N-methyl/N-ethyl adjacent to an activating group) is 3. The zero-order valence-electron chi connectivity index (χ0n) is 34.3. The van der Waals surface area contributed by atoms with Gasteiger partial charge >= 0.3 is 0 Å². The van der Waals surface area contributed by atoms with Crippen molar-refractivity contribution in [3.63, 3.8) is 0 Å². The molecule has 3 aromatic rings. The van der Waals surface area contributed by atoms with Crippen molar-refractivity contribution in [3.8, 4) is 17.2 Å². The molecule has 0 bridgehead atoms. The smallest absolute Gasteiger partial charge is 0.246 e. The van der Waals surface area contributed by atoms with Gasteiger partial charge in [-0.05, 0) is 77.7 Å². The summed E-state index contributed by atoms with van der Waals surface area (Å²) in [5, 5.41) is 8.15. The van der Waals surface area contributed by atoms with Crippen molar-refractivity contribution >= 4 is 51.4 Å². The van der Waals surface area contributed by atoms with Crippen molar-refractivity contribution < 1.29 is 43.0 Å². The molecular formula is C42H53BrN6O9. The standard InChI is InChI=1S/C42H53BrN6O9/c1-24-37(50)45-25(2)40(53)47(4)32(20-28-15-17-30(56-7)18-16-28)39(52)46-26(3)41(54)49(6)34(21-27-13-11-10-12-14-27)42(55)48(5)33(38(51)44-24)22-29-19-31(43)36(58-9)35(23-29)57-8/h10-19,23-26,32-34H,20-22H2,1-9H3,(H,44,51)(H,45,50)(H,46,52)/t24-,25+,26+,32?,33+,34+/m1/s1. The highest BCUT2D eigenvalue weighted by atomic mass is 79.9. The molecule has 312 valence electrons. The maximum Gasteiger partial charge on any atom is 0.246 e. The van der Waals surface area contributed by atoms with Gasteiger partial charge in [0.1, 0.15) is 42.0 Å². The summed E-state index contributed by atoms with van der Waals surface area (Å²) >= 11 is 3.50. The van der Waals surface area contributed by atoms with Gasteiger partial charge in [-0.3, -0.25) is 28.8 Å². The van der Waals surface area contributed by atoms with Crippen LogP contribution in [-0.4, -0.2) is 129 Å². The summed E-state index contributed by atoms with van der Waals surface area (Å²) in [6.45, 7) is 4.44. The predicted octanol–water partition coefficient (Wildman–Crippen LogP) is 2.51. The first kappa shape index (κ1) is 45.1. The maximum absolute atomic E-state index is 14.8. The molecule has 1 aliphatic heterocycles. The Bertz CT molecular complexity index is 1960. The fourth-order valence-electron chi connectivity index (χ4n) is 6.79. The van der Waals surface area contributed by atoms with Gasteiger partial charge in [0.25, 0.3) is 0 Å². The molecule has 0 spiro atoms. The molecule has 6 amide bonds. The number of halogens is 1. The summed E-state index contributed by atoms with van der Waals surface area (Å²) in [5.41, 5.74) is 2.05. The van der Waals surface area contributed by atoms with Crippen molar-refractivity contribution in [1.82, 2.24) is 30.7 Å². The molecule has 6 atom stereocenters. The molecule has 58 heavy (non-hydrogen) atoms. The summed E-state index contributed by atoms with van der Waals surface area (Å²) in [6.07, 6.45) is 0.121. The number of hydrogen-bond donors (Lipinski definition) is 3. The molecule has 3 aromatic carbocycles. The number of methoxy groups -OCH3 is 3. The van der Waals surface area contributed by atoms with Crippen LogP contribution in [0.2, 0.25) is 0 Å². The quantitative estimate of drug-likeness (QED) is 0.292. The molecule has 3 N–H and O–H groups in total. The first-order chi connectivity index (χ1) is 27.5. The summed E-state index contributed by atoms with van der Waals surface area (Å²) < 4.78 is 16.8. The van der Waals surface area contributed by atoms with E-state index >= 15 is 0 Å². The van der Waals surface area contributed by atoms with E-state index in [2.05, 4.69) is 31.9 Å². The molecule has 0 aliphatic carbocycles. The lowest BCUT2D eigenvalue weighted by Crippen LogP contribution is -2.61. The zero-order valence-corrected chi connectivity index (χ0v) is 35.9. The minimum atomic E-state index is -1.20. The number of carbonyl (C=O) groups excluding carboxylic acids is 6. The van der Waals surface area contributed by atoms with Crippen molar-refractivity contribution in [2.75, 3.05) is 42.5 Å². The van der Waals surface area contributed by atoms with Gasteiger partial charge in [-0.25, -0.2) is 0 Å². The molecule has 0 aromatic heterocycles. The number of benzene rings is 3. The third-order valence-corrected chi connectivity index (χ3v) is 10.9. The molecule has 0 radical (unpaired) electrons. The second-order valence-corrected chi connectivity index (χ2v) is 15.2. The van der Waals surface area contributed by atoms with Gasteiger partial charge in [0, 0.05) is 40.4 Å². The Balaban J connectivity index is 1.79. The normalized spacial score (nSPS) is 23.0. The number of amides is 6. The van der Waals surface area contributed by atoms with Crippen molar-refractivity contribution in [1.29, 1.82) is 0 Å². The van der Waals surface area contributed by atoms with Gasteiger partial charge in [-0.15, -0.1) is 0 Å². The molecule has 1 aliphatic rings. The number of rotatable bonds is 9. The number of nitrogens with one attached hydrogen (secondary N) is 3. The minimum absolute atomic E-state index is 0.0290. The minimum Gasteiger partial charge on any atom is -0.497 e. The lowest BCUT2D eigenvalue weighted by molar-refractivity contribution is -0.149. The average molecular weight is 866 g/mol. The second kappa shape index (κ2) is 20.2. The third kappa shape index (κ3) is 10.8. The Labute approximate surface area is 347 Å². The van der Waals surface area contributed by atoms with E-state index in [0.717, 1.165) is 5.56 Å². The third-order valence-electron chi connectivity index (χ3n) is 10.3. The lowest BCUT2D eigenvalue weighted by atomic mass is 9.99. The Morgan fingerprint density at radius 3 is 1.53 bits per heavy atom. The van der Waals surface area contributed by atoms with E-state index in [0.29, 0.717) is 32.8 Å². The Kier molecular flexibility index (Phi) is 15.7.